The van der Waals surface area contributed by atoms with Gasteiger partial charge in [-0.05, 0) is 69.4 Å². The van der Waals surface area contributed by atoms with E-state index in [1.807, 2.05) is 28.9 Å². The number of ether oxygens (including phenoxy) is 1. The molecule has 0 radical (unpaired) electrons. The van der Waals surface area contributed by atoms with Crippen LogP contribution >= 0.6 is 0 Å². The van der Waals surface area contributed by atoms with Gasteiger partial charge in [-0.15, -0.1) is 0 Å². The minimum Gasteiger partial charge on any atom is -0.362 e. The molecule has 0 bridgehead atoms. The van der Waals surface area contributed by atoms with E-state index in [0.717, 1.165) is 68.3 Å². The summed E-state index contributed by atoms with van der Waals surface area (Å²) in [5.74, 6) is 6.02. The molecule has 20 heteroatoms. The van der Waals surface area contributed by atoms with Gasteiger partial charge < -0.3 is 15.0 Å². The van der Waals surface area contributed by atoms with Crippen molar-refractivity contribution in [3.63, 3.8) is 0 Å². The first-order chi connectivity index (χ1) is 33.0. The van der Waals surface area contributed by atoms with Gasteiger partial charge in [-0.3, -0.25) is 38.9 Å². The topological polar surface area (TPSA) is 160 Å². The molecule has 4 saturated heterocycles. The second-order valence-corrected chi connectivity index (χ2v) is 19.5. The number of likely N-dealkylation sites (tertiary alicyclic amines) is 2. The predicted molar refractivity (Wildman–Crippen MR) is 242 cm³/mol. The largest absolute Gasteiger partial charge is 0.362 e. The Morgan fingerprint density at radius 3 is 2.46 bits per heavy atom. The Bertz CT molecular complexity index is 2780. The van der Waals surface area contributed by atoms with Crippen LogP contribution in [0.15, 0.2) is 42.9 Å². The Morgan fingerprint density at radius 2 is 1.71 bits per heavy atom. The van der Waals surface area contributed by atoms with E-state index in [0.29, 0.717) is 74.3 Å². The van der Waals surface area contributed by atoms with Gasteiger partial charge in [0, 0.05) is 82.5 Å². The Morgan fingerprint density at radius 1 is 0.912 bits per heavy atom. The summed E-state index contributed by atoms with van der Waals surface area (Å²) in [4.78, 5) is 49.2. The number of imide groups is 1. The molecule has 6 fully saturated rings. The van der Waals surface area contributed by atoms with E-state index in [2.05, 4.69) is 47.4 Å². The molecule has 358 valence electrons. The number of piperidine rings is 2. The first-order valence-electron chi connectivity index (χ1n) is 24.0. The van der Waals surface area contributed by atoms with Gasteiger partial charge in [-0.2, -0.15) is 15.3 Å². The highest BCUT2D eigenvalue weighted by Crippen LogP contribution is 2.41. The van der Waals surface area contributed by atoms with Crippen molar-refractivity contribution in [2.45, 2.75) is 101 Å². The molecule has 68 heavy (non-hydrogen) atoms. The first kappa shape index (κ1) is 44.6. The number of para-hydroxylation sites is 1. The summed E-state index contributed by atoms with van der Waals surface area (Å²) in [6.07, 6.45) is 5.46. The van der Waals surface area contributed by atoms with Crippen LogP contribution in [-0.2, 0) is 14.3 Å². The number of anilines is 2. The lowest BCUT2D eigenvalue weighted by Crippen LogP contribution is -2.57. The smallest absolute Gasteiger partial charge is 0.284 e. The van der Waals surface area contributed by atoms with Gasteiger partial charge in [0.25, 0.3) is 12.3 Å². The van der Waals surface area contributed by atoms with Crippen LogP contribution in [0.4, 0.5) is 29.1 Å². The number of alkyl halides is 4. The average molecular weight is 939 g/mol. The molecule has 6 aliphatic rings. The Kier molecular flexibility index (Phi) is 12.2. The van der Waals surface area contributed by atoms with Crippen molar-refractivity contribution in [2.75, 3.05) is 69.2 Å². The number of carbonyl (C=O) groups excluding carboxylic acids is 3. The Labute approximate surface area is 389 Å². The van der Waals surface area contributed by atoms with Gasteiger partial charge in [-0.1, -0.05) is 24.0 Å². The molecule has 11 rings (SSSR count). The lowest BCUT2D eigenvalue weighted by molar-refractivity contribution is -0.134. The standard InChI is InChI=1S/C48H54F4N12O4/c49-31-24-60(25-31)21-29-22-61(23-29)40-15-17-62-46(55-40)36(19-53-62)48(67)54-38-27-63(57-43(38)45(51)52)32-8-6-28(7-9-32)20-59-16-14-39(37(50)26-59)68-18-2-4-30-3-1-5-34-42(35-12-13-41(65)56-47(35)66)58-64(44(30)34)33-10-11-33/h1,3,5,15,17,19,27-29,31-33,35,37,39,45H,6-14,16,18,20-26H2,(H,54,67)(H,56,65,66)/t28-,32-,35?,37-,39+/m1/s1. The van der Waals surface area contributed by atoms with Crippen molar-refractivity contribution >= 4 is 45.8 Å². The van der Waals surface area contributed by atoms with Crippen molar-refractivity contribution in [1.82, 2.24) is 49.3 Å². The number of halogens is 4. The molecule has 2 N–H and O–H groups in total. The zero-order valence-electron chi connectivity index (χ0n) is 37.6. The first-order valence-corrected chi connectivity index (χ1v) is 24.0. The number of hydrogen-bond acceptors (Lipinski definition) is 11. The van der Waals surface area contributed by atoms with Crippen LogP contribution in [-0.4, -0.2) is 139 Å². The molecular formula is C48H54F4N12O4. The van der Waals surface area contributed by atoms with Gasteiger partial charge in [0.15, 0.2) is 11.3 Å². The van der Waals surface area contributed by atoms with Crippen LogP contribution in [0.2, 0.25) is 0 Å². The maximum Gasteiger partial charge on any atom is 0.284 e. The van der Waals surface area contributed by atoms with Gasteiger partial charge in [-0.25, -0.2) is 27.1 Å². The summed E-state index contributed by atoms with van der Waals surface area (Å²) in [7, 11) is 0. The van der Waals surface area contributed by atoms with E-state index in [9.17, 15) is 27.6 Å². The van der Waals surface area contributed by atoms with Crippen molar-refractivity contribution < 1.29 is 36.7 Å². The second-order valence-electron chi connectivity index (χ2n) is 19.5. The number of fused-ring (bicyclic) bond motifs is 2. The molecule has 4 aliphatic heterocycles. The summed E-state index contributed by atoms with van der Waals surface area (Å²) >= 11 is 0. The number of benzene rings is 1. The van der Waals surface area contributed by atoms with E-state index >= 15 is 4.39 Å². The SMILES string of the molecule is O=C1CCC(c2nn(C3CC3)c3c(C#CCO[C@H]4CCN(C[C@H]5CC[C@H](n6cc(NC(=O)c7cnn8ccc(N9CC(CN%10CC(F)C%10)C9)nc78)c(C(F)F)n6)CC5)C[C@H]4F)cccc23)C(=O)N1. The average Bonchev–Trinajstić information content (AvgIpc) is 3.72. The fourth-order valence-electron chi connectivity index (χ4n) is 10.8. The normalized spacial score (nSPS) is 25.4. The number of aromatic nitrogens is 7. The highest BCUT2D eigenvalue weighted by Gasteiger charge is 2.37. The molecule has 8 heterocycles. The van der Waals surface area contributed by atoms with E-state index in [4.69, 9.17) is 14.8 Å². The lowest BCUT2D eigenvalue weighted by atomic mass is 9.85. The van der Waals surface area contributed by atoms with E-state index in [-0.39, 0.29) is 54.7 Å². The molecule has 2 saturated carbocycles. The number of amides is 3. The van der Waals surface area contributed by atoms with Gasteiger partial charge >= 0.3 is 0 Å². The summed E-state index contributed by atoms with van der Waals surface area (Å²) in [6.45, 7) is 5.09. The maximum atomic E-state index is 15.6. The number of rotatable bonds is 13. The number of carbonyl (C=O) groups is 3. The summed E-state index contributed by atoms with van der Waals surface area (Å²) < 4.78 is 68.5. The van der Waals surface area contributed by atoms with Crippen LogP contribution in [0, 0.1) is 23.7 Å². The molecule has 3 amide bonds. The summed E-state index contributed by atoms with van der Waals surface area (Å²) in [5, 5.41) is 19.4. The third kappa shape index (κ3) is 9.07. The summed E-state index contributed by atoms with van der Waals surface area (Å²) in [6, 6.07) is 7.69. The third-order valence-corrected chi connectivity index (χ3v) is 14.6. The molecule has 2 aliphatic carbocycles. The summed E-state index contributed by atoms with van der Waals surface area (Å²) in [5.41, 5.74) is 2.21. The number of nitrogens with one attached hydrogen (secondary N) is 2. The molecular weight excluding hydrogens is 885 g/mol. The fourth-order valence-corrected chi connectivity index (χ4v) is 10.8. The number of nitrogens with zero attached hydrogens (tertiary/aromatic N) is 10. The van der Waals surface area contributed by atoms with Gasteiger partial charge in [0.05, 0.1) is 52.8 Å². The van der Waals surface area contributed by atoms with E-state index in [1.165, 1.54) is 16.9 Å². The second kappa shape index (κ2) is 18.5. The predicted octanol–water partition coefficient (Wildman–Crippen LogP) is 5.62. The van der Waals surface area contributed by atoms with E-state index < -0.39 is 42.4 Å². The van der Waals surface area contributed by atoms with Crippen LogP contribution in [0.5, 0.6) is 0 Å². The lowest BCUT2D eigenvalue weighted by Gasteiger charge is -2.45. The minimum absolute atomic E-state index is 0.0567. The number of hydrogen-bond donors (Lipinski definition) is 2. The van der Waals surface area contributed by atoms with Crippen molar-refractivity contribution in [1.29, 1.82) is 0 Å². The van der Waals surface area contributed by atoms with Gasteiger partial charge in [0.1, 0.15) is 30.3 Å². The van der Waals surface area contributed by atoms with Crippen molar-refractivity contribution in [3.8, 4) is 11.8 Å². The molecule has 0 spiro atoms. The van der Waals surface area contributed by atoms with E-state index in [1.54, 1.807) is 10.9 Å². The Hall–Kier alpha value is -5.91. The monoisotopic (exact) mass is 938 g/mol. The highest BCUT2D eigenvalue weighted by molar-refractivity contribution is 6.08. The molecule has 1 unspecified atom stereocenters. The quantitative estimate of drug-likeness (QED) is 0.0858. The van der Waals surface area contributed by atoms with Crippen LogP contribution in [0.25, 0.3) is 16.6 Å². The fraction of sp³-hybridized carbons (Fsp3) is 0.562. The van der Waals surface area contributed by atoms with Crippen LogP contribution in [0.3, 0.4) is 0 Å². The molecule has 5 aromatic rings. The van der Waals surface area contributed by atoms with Gasteiger partial charge in [0.2, 0.25) is 11.8 Å². The third-order valence-electron chi connectivity index (χ3n) is 14.6. The molecule has 3 atom stereocenters. The van der Waals surface area contributed by atoms with Crippen molar-refractivity contribution in [3.05, 3.63) is 65.4 Å². The van der Waals surface area contributed by atoms with Crippen molar-refractivity contribution in [2.24, 2.45) is 11.8 Å². The molecule has 1 aromatic carbocycles. The molecule has 16 nitrogen and oxygen atoms in total. The van der Waals surface area contributed by atoms with Crippen LogP contribution < -0.4 is 15.5 Å². The zero-order chi connectivity index (χ0) is 46.6. The minimum atomic E-state index is -2.91. The maximum absolute atomic E-state index is 15.6. The Balaban J connectivity index is 0.656. The molecule has 4 aromatic heterocycles. The van der Waals surface area contributed by atoms with Crippen LogP contribution in [0.1, 0.15) is 110 Å². The highest BCUT2D eigenvalue weighted by atomic mass is 19.3. The zero-order valence-corrected chi connectivity index (χ0v) is 37.6.